The van der Waals surface area contributed by atoms with E-state index in [2.05, 4.69) is 241 Å². The number of rotatable bonds is 6. The number of benzene rings is 12. The Hall–Kier alpha value is -8.46. The minimum atomic E-state index is 0.865. The molecule has 2 nitrogen and oxygen atoms in total. The quantitative estimate of drug-likeness (QED) is 0.156. The van der Waals surface area contributed by atoms with Crippen molar-refractivity contribution in [3.05, 3.63) is 237 Å². The molecule has 0 atom stereocenters. The Kier molecular flexibility index (Phi) is 8.25. The van der Waals surface area contributed by atoms with Gasteiger partial charge in [-0.05, 0) is 119 Å². The molecule has 12 aromatic carbocycles. The molecule has 0 radical (unpaired) electrons. The summed E-state index contributed by atoms with van der Waals surface area (Å²) in [6.45, 7) is 0. The van der Waals surface area contributed by atoms with Crippen molar-refractivity contribution in [1.82, 2.24) is 0 Å². The van der Waals surface area contributed by atoms with Crippen LogP contribution in [0.5, 0.6) is 0 Å². The molecule has 0 amide bonds. The van der Waals surface area contributed by atoms with E-state index in [-0.39, 0.29) is 0 Å². The predicted octanol–water partition coefficient (Wildman–Crippen LogP) is 17.8. The second-order valence-corrected chi connectivity index (χ2v) is 16.7. The van der Waals surface area contributed by atoms with Gasteiger partial charge >= 0.3 is 0 Å². The van der Waals surface area contributed by atoms with E-state index in [9.17, 15) is 0 Å². The fourth-order valence-corrected chi connectivity index (χ4v) is 10.3. The van der Waals surface area contributed by atoms with Gasteiger partial charge < -0.3 is 9.32 Å². The zero-order valence-electron chi connectivity index (χ0n) is 34.9. The molecule has 0 saturated heterocycles. The zero-order valence-corrected chi connectivity index (χ0v) is 34.9. The lowest BCUT2D eigenvalue weighted by atomic mass is 9.84. The average Bonchev–Trinajstić information content (AvgIpc) is 3.77. The Balaban J connectivity index is 1.03. The lowest BCUT2D eigenvalue weighted by molar-refractivity contribution is 0.672. The van der Waals surface area contributed by atoms with Crippen LogP contribution in [-0.2, 0) is 0 Å². The molecule has 0 aliphatic rings. The number of hydrogen-bond donors (Lipinski definition) is 0. The van der Waals surface area contributed by atoms with Gasteiger partial charge in [-0.15, -0.1) is 0 Å². The fraction of sp³-hybridized carbons (Fsp3) is 0. The van der Waals surface area contributed by atoms with Crippen molar-refractivity contribution in [2.75, 3.05) is 4.90 Å². The van der Waals surface area contributed by atoms with Gasteiger partial charge in [-0.25, -0.2) is 0 Å². The van der Waals surface area contributed by atoms with Crippen LogP contribution in [0.3, 0.4) is 0 Å². The van der Waals surface area contributed by atoms with Gasteiger partial charge in [0.1, 0.15) is 11.2 Å². The summed E-state index contributed by atoms with van der Waals surface area (Å²) in [5, 5.41) is 14.3. The van der Waals surface area contributed by atoms with Crippen molar-refractivity contribution in [2.24, 2.45) is 0 Å². The van der Waals surface area contributed by atoms with Gasteiger partial charge in [0.25, 0.3) is 0 Å². The molecule has 0 saturated carbocycles. The molecule has 298 valence electrons. The van der Waals surface area contributed by atoms with Crippen molar-refractivity contribution >= 4 is 92.9 Å². The van der Waals surface area contributed by atoms with E-state index >= 15 is 0 Å². The Morgan fingerprint density at radius 1 is 0.281 bits per heavy atom. The second kappa shape index (κ2) is 14.6. The standard InChI is InChI=1S/C62H39NO/c1-3-17-43(18-4-1)59-53-24-12-11-23-50(53)51-36-33-45(39-55(51)60(59)44-19-5-2-6-20-44)40-29-34-46(35-30-40)63(56-26-13-25-49-47-21-9-7-15-41(47)31-37-52(49)56)57-27-14-28-58-61(57)54-38-32-42-16-8-10-22-48(42)62(54)64-58/h1-39H. The maximum Gasteiger partial charge on any atom is 0.143 e. The molecule has 13 aromatic rings. The molecule has 0 unspecified atom stereocenters. The lowest BCUT2D eigenvalue weighted by Crippen LogP contribution is -2.11. The third kappa shape index (κ3) is 5.66. The molecule has 1 heterocycles. The molecule has 0 aliphatic heterocycles. The molecular weight excluding hydrogens is 775 g/mol. The van der Waals surface area contributed by atoms with Crippen LogP contribution in [0.4, 0.5) is 17.1 Å². The van der Waals surface area contributed by atoms with E-state index in [1.54, 1.807) is 0 Å². The minimum absolute atomic E-state index is 0.865. The lowest BCUT2D eigenvalue weighted by Gasteiger charge is -2.28. The van der Waals surface area contributed by atoms with Crippen molar-refractivity contribution in [1.29, 1.82) is 0 Å². The number of anilines is 3. The van der Waals surface area contributed by atoms with Gasteiger partial charge in [0.15, 0.2) is 0 Å². The number of furan rings is 1. The van der Waals surface area contributed by atoms with Crippen molar-refractivity contribution in [3.8, 4) is 33.4 Å². The Labute approximate surface area is 370 Å². The number of hydrogen-bond acceptors (Lipinski definition) is 2. The third-order valence-electron chi connectivity index (χ3n) is 13.2. The van der Waals surface area contributed by atoms with Crippen LogP contribution >= 0.6 is 0 Å². The first-order chi connectivity index (χ1) is 31.8. The molecule has 0 aliphatic carbocycles. The summed E-state index contributed by atoms with van der Waals surface area (Å²) in [7, 11) is 0. The molecule has 13 rings (SSSR count). The normalized spacial score (nSPS) is 11.8. The third-order valence-corrected chi connectivity index (χ3v) is 13.2. The highest BCUT2D eigenvalue weighted by molar-refractivity contribution is 6.23. The maximum absolute atomic E-state index is 6.76. The van der Waals surface area contributed by atoms with Crippen LogP contribution in [0.2, 0.25) is 0 Å². The number of fused-ring (bicyclic) bond motifs is 11. The van der Waals surface area contributed by atoms with Gasteiger partial charge in [-0.3, -0.25) is 0 Å². The van der Waals surface area contributed by atoms with Crippen LogP contribution in [-0.4, -0.2) is 0 Å². The predicted molar refractivity (Wildman–Crippen MR) is 272 cm³/mol. The van der Waals surface area contributed by atoms with E-state index < -0.39 is 0 Å². The van der Waals surface area contributed by atoms with Crippen LogP contribution in [0.1, 0.15) is 0 Å². The summed E-state index contributed by atoms with van der Waals surface area (Å²) in [5.74, 6) is 0. The van der Waals surface area contributed by atoms with Gasteiger partial charge in [-0.1, -0.05) is 194 Å². The molecule has 1 aromatic heterocycles. The highest BCUT2D eigenvalue weighted by Gasteiger charge is 2.23. The molecular formula is C62H39NO. The van der Waals surface area contributed by atoms with Crippen molar-refractivity contribution in [2.45, 2.75) is 0 Å². The van der Waals surface area contributed by atoms with Crippen LogP contribution in [0, 0.1) is 0 Å². The molecule has 0 N–H and O–H groups in total. The first kappa shape index (κ1) is 36.2. The molecule has 64 heavy (non-hydrogen) atoms. The Morgan fingerprint density at radius 3 is 1.55 bits per heavy atom. The van der Waals surface area contributed by atoms with Gasteiger partial charge in [0.2, 0.25) is 0 Å². The first-order valence-electron chi connectivity index (χ1n) is 22.0. The summed E-state index contributed by atoms with van der Waals surface area (Å²) in [4.78, 5) is 2.43. The van der Waals surface area contributed by atoms with Gasteiger partial charge in [0.05, 0.1) is 16.8 Å². The van der Waals surface area contributed by atoms with Gasteiger partial charge in [0, 0.05) is 21.8 Å². The Bertz CT molecular complexity index is 3940. The summed E-state index contributed by atoms with van der Waals surface area (Å²) >= 11 is 0. The van der Waals surface area contributed by atoms with Crippen LogP contribution in [0.25, 0.3) is 109 Å². The van der Waals surface area contributed by atoms with Crippen molar-refractivity contribution < 1.29 is 4.42 Å². The summed E-state index contributed by atoms with van der Waals surface area (Å²) in [5.41, 5.74) is 12.3. The van der Waals surface area contributed by atoms with E-state index in [4.69, 9.17) is 4.42 Å². The highest BCUT2D eigenvalue weighted by Crippen LogP contribution is 2.48. The van der Waals surface area contributed by atoms with E-state index in [0.717, 1.165) is 55.3 Å². The monoisotopic (exact) mass is 813 g/mol. The topological polar surface area (TPSA) is 16.4 Å². The summed E-state index contributed by atoms with van der Waals surface area (Å²) in [6.07, 6.45) is 0. The minimum Gasteiger partial charge on any atom is -0.455 e. The fourth-order valence-electron chi connectivity index (χ4n) is 10.3. The van der Waals surface area contributed by atoms with E-state index in [1.165, 1.54) is 70.9 Å². The molecule has 0 spiro atoms. The zero-order chi connectivity index (χ0) is 42.1. The number of nitrogens with zero attached hydrogens (tertiary/aromatic N) is 1. The van der Waals surface area contributed by atoms with Gasteiger partial charge in [-0.2, -0.15) is 0 Å². The van der Waals surface area contributed by atoms with E-state index in [0.29, 0.717) is 0 Å². The largest absolute Gasteiger partial charge is 0.455 e. The average molecular weight is 814 g/mol. The molecule has 2 heteroatoms. The SMILES string of the molecule is c1ccc(-c2c(-c3ccccc3)c3cc(-c4ccc(N(c5cccc6c5ccc5ccccc56)c5cccc6oc7c8ccccc8ccc7c56)cc4)ccc3c3ccccc23)cc1. The van der Waals surface area contributed by atoms with Crippen molar-refractivity contribution in [3.63, 3.8) is 0 Å². The first-order valence-corrected chi connectivity index (χ1v) is 22.0. The Morgan fingerprint density at radius 2 is 0.797 bits per heavy atom. The highest BCUT2D eigenvalue weighted by atomic mass is 16.3. The summed E-state index contributed by atoms with van der Waals surface area (Å²) in [6, 6.07) is 86.0. The maximum atomic E-state index is 6.76. The second-order valence-electron chi connectivity index (χ2n) is 16.7. The molecule has 0 fully saturated rings. The molecule has 0 bridgehead atoms. The van der Waals surface area contributed by atoms with Crippen LogP contribution < -0.4 is 4.90 Å². The summed E-state index contributed by atoms with van der Waals surface area (Å²) < 4.78 is 6.76. The smallest absolute Gasteiger partial charge is 0.143 e. The van der Waals surface area contributed by atoms with E-state index in [1.807, 2.05) is 0 Å². The van der Waals surface area contributed by atoms with Crippen LogP contribution in [0.15, 0.2) is 241 Å².